The maximum atomic E-state index is 12.6. The minimum atomic E-state index is -1.06. The van der Waals surface area contributed by atoms with E-state index in [1.165, 1.54) is 12.0 Å². The summed E-state index contributed by atoms with van der Waals surface area (Å²) in [7, 11) is 3.55. The van der Waals surface area contributed by atoms with Gasteiger partial charge in [-0.1, -0.05) is 0 Å². The van der Waals surface area contributed by atoms with Crippen molar-refractivity contribution in [1.29, 1.82) is 0 Å². The third kappa shape index (κ3) is 4.45. The van der Waals surface area contributed by atoms with Gasteiger partial charge in [0.2, 0.25) is 5.91 Å². The van der Waals surface area contributed by atoms with Crippen molar-refractivity contribution in [1.82, 2.24) is 19.6 Å². The largest absolute Gasteiger partial charge is 0.494 e. The first-order valence-electron chi connectivity index (χ1n) is 9.65. The Bertz CT molecular complexity index is 909. The number of piperazine rings is 1. The minimum absolute atomic E-state index is 0.0277. The Morgan fingerprint density at radius 3 is 2.41 bits per heavy atom. The molecule has 0 aliphatic carbocycles. The maximum Gasteiger partial charge on any atom is 0.412 e. The molecule has 1 aliphatic rings. The van der Waals surface area contributed by atoms with Crippen LogP contribution in [0.25, 0.3) is 10.9 Å². The smallest absolute Gasteiger partial charge is 0.412 e. The number of rotatable bonds is 4. The summed E-state index contributed by atoms with van der Waals surface area (Å²) in [4.78, 5) is 29.8. The molecule has 1 N–H and O–H groups in total. The normalized spacial score (nSPS) is 15.6. The lowest BCUT2D eigenvalue weighted by atomic mass is 10.0. The summed E-state index contributed by atoms with van der Waals surface area (Å²) in [6, 6.07) is 3.46. The molecule has 0 saturated carbocycles. The van der Waals surface area contributed by atoms with Gasteiger partial charge in [-0.25, -0.2) is 4.79 Å². The predicted octanol–water partition coefficient (Wildman–Crippen LogP) is 2.10. The van der Waals surface area contributed by atoms with Crippen LogP contribution in [0.4, 0.5) is 10.5 Å². The summed E-state index contributed by atoms with van der Waals surface area (Å²) >= 11 is 0. The van der Waals surface area contributed by atoms with Crippen LogP contribution in [-0.4, -0.2) is 82.6 Å². The summed E-state index contributed by atoms with van der Waals surface area (Å²) in [6.07, 6.45) is 0.711. The van der Waals surface area contributed by atoms with Crippen LogP contribution in [0.5, 0.6) is 5.75 Å². The number of benzene rings is 1. The number of amides is 2. The quantitative estimate of drug-likeness (QED) is 0.841. The van der Waals surface area contributed by atoms with Gasteiger partial charge in [0.15, 0.2) is 0 Å². The number of hydrogen-bond donors (Lipinski definition) is 1. The van der Waals surface area contributed by atoms with E-state index in [9.17, 15) is 14.7 Å². The number of hydrogen-bond acceptors (Lipinski definition) is 5. The van der Waals surface area contributed by atoms with Crippen molar-refractivity contribution >= 4 is 28.6 Å². The molecule has 2 amide bonds. The molecule has 9 heteroatoms. The van der Waals surface area contributed by atoms with Crippen molar-refractivity contribution in [3.63, 3.8) is 0 Å². The molecule has 1 aliphatic heterocycles. The van der Waals surface area contributed by atoms with Gasteiger partial charge < -0.3 is 19.6 Å². The average Bonchev–Trinajstić information content (AvgIpc) is 3.01. The van der Waals surface area contributed by atoms with Crippen LogP contribution in [-0.2, 0) is 11.3 Å². The highest BCUT2D eigenvalue weighted by molar-refractivity contribution is 5.95. The number of fused-ring (bicyclic) bond motifs is 1. The molecule has 158 valence electrons. The zero-order valence-corrected chi connectivity index (χ0v) is 17.7. The highest BCUT2D eigenvalue weighted by Gasteiger charge is 2.31. The van der Waals surface area contributed by atoms with E-state index in [0.29, 0.717) is 30.0 Å². The molecular formula is C20H29N5O4. The number of anilines is 1. The van der Waals surface area contributed by atoms with Crippen LogP contribution in [0.2, 0.25) is 0 Å². The van der Waals surface area contributed by atoms with Crippen LogP contribution in [0.3, 0.4) is 0 Å². The van der Waals surface area contributed by atoms with E-state index in [0.717, 1.165) is 18.5 Å². The van der Waals surface area contributed by atoms with E-state index >= 15 is 0 Å². The summed E-state index contributed by atoms with van der Waals surface area (Å²) < 4.78 is 7.05. The van der Waals surface area contributed by atoms with Gasteiger partial charge in [0.05, 0.1) is 18.3 Å². The van der Waals surface area contributed by atoms with Gasteiger partial charge in [-0.15, -0.1) is 0 Å². The first kappa shape index (κ1) is 20.9. The third-order valence-corrected chi connectivity index (χ3v) is 5.11. The number of ether oxygens (including phenoxy) is 1. The van der Waals surface area contributed by atoms with Crippen LogP contribution < -0.4 is 9.64 Å². The van der Waals surface area contributed by atoms with Gasteiger partial charge >= 0.3 is 6.09 Å². The lowest BCUT2D eigenvalue weighted by Crippen LogP contribution is -2.48. The second-order valence-electron chi connectivity index (χ2n) is 8.38. The van der Waals surface area contributed by atoms with Gasteiger partial charge in [-0.2, -0.15) is 5.10 Å². The van der Waals surface area contributed by atoms with Gasteiger partial charge in [-0.3, -0.25) is 14.4 Å². The SMILES string of the molecule is COc1cc2nn(CC(=O)N3CCN(C)CC3)cc2cc1N(C(=O)O)C(C)(C)C. The topological polar surface area (TPSA) is 91.1 Å². The van der Waals surface area contributed by atoms with Crippen molar-refractivity contribution in [2.75, 3.05) is 45.2 Å². The fourth-order valence-electron chi connectivity index (χ4n) is 3.56. The van der Waals surface area contributed by atoms with Crippen molar-refractivity contribution in [2.24, 2.45) is 0 Å². The molecule has 1 fully saturated rings. The van der Waals surface area contributed by atoms with E-state index in [4.69, 9.17) is 4.74 Å². The average molecular weight is 403 g/mol. The summed E-state index contributed by atoms with van der Waals surface area (Å²) in [6.45, 7) is 8.78. The number of aromatic nitrogens is 2. The van der Waals surface area contributed by atoms with Crippen LogP contribution in [0.15, 0.2) is 18.3 Å². The predicted molar refractivity (Wildman–Crippen MR) is 111 cm³/mol. The van der Waals surface area contributed by atoms with Gasteiger partial charge in [0.25, 0.3) is 0 Å². The molecule has 2 aromatic rings. The lowest BCUT2D eigenvalue weighted by Gasteiger charge is -2.34. The summed E-state index contributed by atoms with van der Waals surface area (Å²) in [5.74, 6) is 0.449. The molecule has 0 atom stereocenters. The first-order valence-corrected chi connectivity index (χ1v) is 9.65. The molecule has 0 bridgehead atoms. The Kier molecular flexibility index (Phi) is 5.70. The zero-order valence-electron chi connectivity index (χ0n) is 17.7. The highest BCUT2D eigenvalue weighted by atomic mass is 16.5. The molecular weight excluding hydrogens is 374 g/mol. The molecule has 2 heterocycles. The fourth-order valence-corrected chi connectivity index (χ4v) is 3.56. The van der Waals surface area contributed by atoms with E-state index < -0.39 is 11.6 Å². The second-order valence-corrected chi connectivity index (χ2v) is 8.38. The first-order chi connectivity index (χ1) is 13.6. The molecule has 1 aromatic heterocycles. The number of methoxy groups -OCH3 is 1. The third-order valence-electron chi connectivity index (χ3n) is 5.11. The molecule has 1 saturated heterocycles. The molecule has 0 spiro atoms. The lowest BCUT2D eigenvalue weighted by molar-refractivity contribution is -0.133. The van der Waals surface area contributed by atoms with E-state index in [1.807, 2.05) is 32.7 Å². The van der Waals surface area contributed by atoms with E-state index in [2.05, 4.69) is 10.00 Å². The van der Waals surface area contributed by atoms with Gasteiger partial charge in [0.1, 0.15) is 12.3 Å². The summed E-state index contributed by atoms with van der Waals surface area (Å²) in [5.41, 5.74) is 0.446. The Morgan fingerprint density at radius 1 is 1.21 bits per heavy atom. The maximum absolute atomic E-state index is 12.6. The van der Waals surface area contributed by atoms with Crippen LogP contribution in [0, 0.1) is 0 Å². The Balaban J connectivity index is 1.90. The molecule has 0 unspecified atom stereocenters. The van der Waals surface area contributed by atoms with Crippen molar-refractivity contribution in [2.45, 2.75) is 32.9 Å². The van der Waals surface area contributed by atoms with E-state index in [-0.39, 0.29) is 12.5 Å². The molecule has 9 nitrogen and oxygen atoms in total. The number of carboxylic acid groups (broad SMARTS) is 1. The zero-order chi connectivity index (χ0) is 21.3. The van der Waals surface area contributed by atoms with Gasteiger partial charge in [-0.05, 0) is 33.9 Å². The van der Waals surface area contributed by atoms with Crippen LogP contribution in [0.1, 0.15) is 20.8 Å². The number of likely N-dealkylation sites (N-methyl/N-ethyl adjacent to an activating group) is 1. The van der Waals surface area contributed by atoms with Crippen LogP contribution >= 0.6 is 0 Å². The molecule has 29 heavy (non-hydrogen) atoms. The van der Waals surface area contributed by atoms with Crippen molar-refractivity contribution < 1.29 is 19.4 Å². The molecule has 0 radical (unpaired) electrons. The highest BCUT2D eigenvalue weighted by Crippen LogP contribution is 2.36. The van der Waals surface area contributed by atoms with E-state index in [1.54, 1.807) is 23.0 Å². The number of carbonyl (C=O) groups is 2. The Hall–Kier alpha value is -2.81. The monoisotopic (exact) mass is 403 g/mol. The number of nitrogens with zero attached hydrogens (tertiary/aromatic N) is 5. The summed E-state index contributed by atoms with van der Waals surface area (Å²) in [5, 5.41) is 15.0. The fraction of sp³-hybridized carbons (Fsp3) is 0.550. The standard InChI is InChI=1S/C20H29N5O4/c1-20(2,3)25(19(27)28)16-10-14-12-24(21-15(14)11-17(16)29-5)13-18(26)23-8-6-22(4)7-9-23/h10-12H,6-9,13H2,1-5H3,(H,27,28). The minimum Gasteiger partial charge on any atom is -0.494 e. The Labute approximate surface area is 170 Å². The second kappa shape index (κ2) is 7.90. The van der Waals surface area contributed by atoms with Gasteiger partial charge in [0, 0.05) is 49.4 Å². The number of carbonyl (C=O) groups excluding carboxylic acids is 1. The molecule has 1 aromatic carbocycles. The molecule has 3 rings (SSSR count). The van der Waals surface area contributed by atoms with Crippen molar-refractivity contribution in [3.05, 3.63) is 18.3 Å². The Morgan fingerprint density at radius 2 is 1.86 bits per heavy atom. The van der Waals surface area contributed by atoms with Crippen molar-refractivity contribution in [3.8, 4) is 5.75 Å².